The van der Waals surface area contributed by atoms with Gasteiger partial charge in [-0.05, 0) is 36.2 Å². The van der Waals surface area contributed by atoms with E-state index in [1.807, 2.05) is 6.20 Å². The Morgan fingerprint density at radius 2 is 1.90 bits per heavy atom. The summed E-state index contributed by atoms with van der Waals surface area (Å²) in [6.45, 7) is 1.08. The highest BCUT2D eigenvalue weighted by atomic mass is 19.1. The third-order valence-electron chi connectivity index (χ3n) is 5.19. The van der Waals surface area contributed by atoms with Crippen LogP contribution in [0.3, 0.4) is 0 Å². The van der Waals surface area contributed by atoms with Crippen LogP contribution in [0.15, 0.2) is 55.0 Å². The molecule has 154 valence electrons. The van der Waals surface area contributed by atoms with Gasteiger partial charge in [0.25, 0.3) is 5.91 Å². The Labute approximate surface area is 173 Å². The van der Waals surface area contributed by atoms with Crippen LogP contribution < -0.4 is 5.32 Å². The molecule has 7 nitrogen and oxygen atoms in total. The number of carbonyl (C=O) groups is 2. The fourth-order valence-corrected chi connectivity index (χ4v) is 3.69. The van der Waals surface area contributed by atoms with Gasteiger partial charge in [-0.1, -0.05) is 12.1 Å². The normalized spacial score (nSPS) is 15.5. The van der Waals surface area contributed by atoms with Crippen molar-refractivity contribution < 1.29 is 14.0 Å². The molecule has 2 aromatic heterocycles. The third-order valence-corrected chi connectivity index (χ3v) is 5.19. The van der Waals surface area contributed by atoms with E-state index in [1.165, 1.54) is 12.1 Å². The van der Waals surface area contributed by atoms with E-state index in [0.29, 0.717) is 30.8 Å². The fourth-order valence-electron chi connectivity index (χ4n) is 3.69. The van der Waals surface area contributed by atoms with Crippen molar-refractivity contribution in [2.45, 2.75) is 18.9 Å². The predicted octanol–water partition coefficient (Wildman–Crippen LogP) is 2.05. The van der Waals surface area contributed by atoms with Crippen LogP contribution in [0.1, 0.15) is 33.1 Å². The molecule has 1 aliphatic rings. The van der Waals surface area contributed by atoms with Crippen molar-refractivity contribution >= 4 is 11.8 Å². The Balaban J connectivity index is 1.47. The summed E-state index contributed by atoms with van der Waals surface area (Å²) in [5.74, 6) is -1.15. The zero-order valence-electron chi connectivity index (χ0n) is 16.6. The molecule has 30 heavy (non-hydrogen) atoms. The molecule has 1 aromatic carbocycles. The number of rotatable bonds is 5. The molecule has 0 radical (unpaired) electrons. The third kappa shape index (κ3) is 4.22. The van der Waals surface area contributed by atoms with Crippen molar-refractivity contribution in [3.05, 3.63) is 83.2 Å². The van der Waals surface area contributed by atoms with Gasteiger partial charge in [-0.15, -0.1) is 0 Å². The van der Waals surface area contributed by atoms with Gasteiger partial charge in [-0.3, -0.25) is 19.3 Å². The monoisotopic (exact) mass is 407 g/mol. The molecular formula is C22H22FN5O2. The number of benzene rings is 1. The molecule has 0 bridgehead atoms. The van der Waals surface area contributed by atoms with Crippen LogP contribution in [0.2, 0.25) is 0 Å². The molecule has 0 spiro atoms. The highest BCUT2D eigenvalue weighted by Gasteiger charge is 2.35. The minimum atomic E-state index is -0.547. The molecule has 4 rings (SSSR count). The van der Waals surface area contributed by atoms with E-state index in [1.54, 1.807) is 53.3 Å². The molecule has 0 fully saturated rings. The summed E-state index contributed by atoms with van der Waals surface area (Å²) in [7, 11) is 1.80. The van der Waals surface area contributed by atoms with Gasteiger partial charge in [-0.2, -0.15) is 5.10 Å². The number of aryl methyl sites for hydroxylation is 1. The average Bonchev–Trinajstić information content (AvgIpc) is 3.14. The van der Waals surface area contributed by atoms with E-state index in [0.717, 1.165) is 11.1 Å². The second-order valence-electron chi connectivity index (χ2n) is 7.35. The smallest absolute Gasteiger partial charge is 0.254 e. The summed E-state index contributed by atoms with van der Waals surface area (Å²) in [5.41, 5.74) is 3.04. The number of nitrogens with zero attached hydrogens (tertiary/aromatic N) is 4. The zero-order chi connectivity index (χ0) is 21.1. The summed E-state index contributed by atoms with van der Waals surface area (Å²) in [6, 6.07) is 9.54. The van der Waals surface area contributed by atoms with Gasteiger partial charge in [0.2, 0.25) is 5.91 Å². The zero-order valence-corrected chi connectivity index (χ0v) is 16.6. The van der Waals surface area contributed by atoms with E-state index >= 15 is 0 Å². The maximum absolute atomic E-state index is 13.0. The quantitative estimate of drug-likeness (QED) is 0.702. The summed E-state index contributed by atoms with van der Waals surface area (Å²) in [6.07, 6.45) is 5.59. The first-order valence-electron chi connectivity index (χ1n) is 9.75. The number of amides is 2. The lowest BCUT2D eigenvalue weighted by molar-refractivity contribution is -0.123. The van der Waals surface area contributed by atoms with Gasteiger partial charge in [0, 0.05) is 56.4 Å². The molecule has 8 heteroatoms. The summed E-state index contributed by atoms with van der Waals surface area (Å²) in [4.78, 5) is 31.5. The molecule has 3 heterocycles. The first-order chi connectivity index (χ1) is 14.5. The second-order valence-corrected chi connectivity index (χ2v) is 7.35. The van der Waals surface area contributed by atoms with Gasteiger partial charge >= 0.3 is 0 Å². The Hall–Kier alpha value is -3.55. The molecule has 1 atom stereocenters. The predicted molar refractivity (Wildman–Crippen MR) is 108 cm³/mol. The van der Waals surface area contributed by atoms with Crippen molar-refractivity contribution in [3.8, 4) is 0 Å². The number of hydrogen-bond acceptors (Lipinski definition) is 4. The van der Waals surface area contributed by atoms with Gasteiger partial charge in [0.05, 0.1) is 11.6 Å². The van der Waals surface area contributed by atoms with Gasteiger partial charge in [0.1, 0.15) is 5.82 Å². The molecule has 1 aliphatic heterocycles. The van der Waals surface area contributed by atoms with Crippen LogP contribution in [-0.2, 0) is 24.8 Å². The number of carbonyl (C=O) groups excluding carboxylic acids is 2. The number of aromatic nitrogens is 3. The first kappa shape index (κ1) is 19.8. The molecule has 0 saturated heterocycles. The van der Waals surface area contributed by atoms with Crippen molar-refractivity contribution in [3.63, 3.8) is 0 Å². The topological polar surface area (TPSA) is 80.1 Å². The van der Waals surface area contributed by atoms with Crippen molar-refractivity contribution in [2.24, 2.45) is 7.05 Å². The highest BCUT2D eigenvalue weighted by molar-refractivity contribution is 5.95. The van der Waals surface area contributed by atoms with E-state index < -0.39 is 5.92 Å². The molecule has 2 amide bonds. The molecule has 1 N–H and O–H groups in total. The SMILES string of the molecule is Cn1cc2c(n1)C(C(=O)NCCc1ccc(F)cc1)CN(C(=O)c1ccncc1)C2. The Kier molecular flexibility index (Phi) is 5.56. The molecule has 1 unspecified atom stereocenters. The molecule has 0 aliphatic carbocycles. The van der Waals surface area contributed by atoms with E-state index in [-0.39, 0.29) is 24.2 Å². The largest absolute Gasteiger partial charge is 0.355 e. The van der Waals surface area contributed by atoms with Crippen molar-refractivity contribution in [1.82, 2.24) is 25.0 Å². The summed E-state index contributed by atoms with van der Waals surface area (Å²) >= 11 is 0. The number of pyridine rings is 1. The van der Waals surface area contributed by atoms with Crippen LogP contribution in [0.25, 0.3) is 0 Å². The maximum atomic E-state index is 13.0. The fraction of sp³-hybridized carbons (Fsp3) is 0.273. The Bertz CT molecular complexity index is 1050. The standard InChI is InChI=1S/C22H22FN5O2/c1-27-12-17-13-28(22(30)16-7-9-24-10-8-16)14-19(20(17)26-27)21(29)25-11-6-15-2-4-18(23)5-3-15/h2-5,7-10,12,19H,6,11,13-14H2,1H3,(H,25,29). The van der Waals surface area contributed by atoms with Crippen molar-refractivity contribution in [1.29, 1.82) is 0 Å². The second kappa shape index (κ2) is 8.44. The van der Waals surface area contributed by atoms with Crippen LogP contribution in [0, 0.1) is 5.82 Å². The van der Waals surface area contributed by atoms with E-state index in [9.17, 15) is 14.0 Å². The Morgan fingerprint density at radius 3 is 2.63 bits per heavy atom. The number of halogens is 1. The number of hydrogen-bond donors (Lipinski definition) is 1. The molecule has 3 aromatic rings. The molecular weight excluding hydrogens is 385 g/mol. The minimum Gasteiger partial charge on any atom is -0.355 e. The first-order valence-corrected chi connectivity index (χ1v) is 9.75. The highest BCUT2D eigenvalue weighted by Crippen LogP contribution is 2.28. The van der Waals surface area contributed by atoms with Crippen LogP contribution in [-0.4, -0.2) is 44.6 Å². The van der Waals surface area contributed by atoms with E-state index in [4.69, 9.17) is 0 Å². The summed E-state index contributed by atoms with van der Waals surface area (Å²) < 4.78 is 14.7. The lowest BCUT2D eigenvalue weighted by Gasteiger charge is -2.31. The Morgan fingerprint density at radius 1 is 1.17 bits per heavy atom. The van der Waals surface area contributed by atoms with E-state index in [2.05, 4.69) is 15.4 Å². The lowest BCUT2D eigenvalue weighted by Crippen LogP contribution is -2.44. The van der Waals surface area contributed by atoms with Gasteiger partial charge in [0.15, 0.2) is 0 Å². The number of nitrogens with one attached hydrogen (secondary N) is 1. The van der Waals surface area contributed by atoms with Crippen molar-refractivity contribution in [2.75, 3.05) is 13.1 Å². The van der Waals surface area contributed by atoms with Gasteiger partial charge < -0.3 is 10.2 Å². The lowest BCUT2D eigenvalue weighted by atomic mass is 9.95. The van der Waals surface area contributed by atoms with Crippen LogP contribution >= 0.6 is 0 Å². The average molecular weight is 407 g/mol. The molecule has 0 saturated carbocycles. The summed E-state index contributed by atoms with van der Waals surface area (Å²) in [5, 5.41) is 7.40. The minimum absolute atomic E-state index is 0.143. The van der Waals surface area contributed by atoms with Crippen LogP contribution in [0.4, 0.5) is 4.39 Å². The van der Waals surface area contributed by atoms with Gasteiger partial charge in [-0.25, -0.2) is 4.39 Å². The maximum Gasteiger partial charge on any atom is 0.254 e. The number of fused-ring (bicyclic) bond motifs is 1. The van der Waals surface area contributed by atoms with Crippen LogP contribution in [0.5, 0.6) is 0 Å².